The van der Waals surface area contributed by atoms with Crippen LogP contribution in [0.25, 0.3) is 10.5 Å². The van der Waals surface area contributed by atoms with E-state index >= 15 is 0 Å². The van der Waals surface area contributed by atoms with Crippen LogP contribution in [0.15, 0.2) is 121 Å². The fourth-order valence-corrected chi connectivity index (χ4v) is 4.64. The van der Waals surface area contributed by atoms with Gasteiger partial charge in [0.05, 0.1) is 0 Å². The van der Waals surface area contributed by atoms with E-state index in [2.05, 4.69) is 0 Å². The van der Waals surface area contributed by atoms with Crippen molar-refractivity contribution in [2.45, 2.75) is 0 Å². The van der Waals surface area contributed by atoms with Crippen LogP contribution in [0.3, 0.4) is 0 Å². The maximum Gasteiger partial charge on any atom is 0.340 e. The number of hydrogen-bond acceptors (Lipinski definition) is 3. The van der Waals surface area contributed by atoms with E-state index in [9.17, 15) is 8.42 Å². The van der Waals surface area contributed by atoms with Crippen LogP contribution in [0.2, 0.25) is 0 Å². The molecule has 0 amide bonds. The first-order chi connectivity index (χ1) is 14.6. The molecule has 0 aromatic heterocycles. The highest BCUT2D eigenvalue weighted by Gasteiger charge is 2.28. The fourth-order valence-electron chi connectivity index (χ4n) is 3.29. The number of benzene rings is 4. The summed E-state index contributed by atoms with van der Waals surface area (Å²) in [5.41, 5.74) is 2.75. The van der Waals surface area contributed by atoms with Crippen LogP contribution < -0.4 is 4.18 Å². The van der Waals surface area contributed by atoms with E-state index < -0.39 is 10.1 Å². The quantitative estimate of drug-likeness (QED) is 0.288. The summed E-state index contributed by atoms with van der Waals surface area (Å²) in [5.74, 6) is 0.270. The third kappa shape index (κ3) is 4.34. The molecule has 0 saturated carbocycles. The number of rotatable bonds is 6. The van der Waals surface area contributed by atoms with Crippen molar-refractivity contribution < 1.29 is 12.6 Å². The van der Waals surface area contributed by atoms with E-state index in [0.29, 0.717) is 11.1 Å². The van der Waals surface area contributed by atoms with Gasteiger partial charge in [0.2, 0.25) is 0 Å². The molecule has 4 rings (SSSR count). The lowest BCUT2D eigenvalue weighted by atomic mass is 9.95. The molecule has 3 nitrogen and oxygen atoms in total. The lowest BCUT2D eigenvalue weighted by Gasteiger charge is -2.17. The maximum atomic E-state index is 13.6. The summed E-state index contributed by atoms with van der Waals surface area (Å²) in [6, 6.07) is 36.6. The van der Waals surface area contributed by atoms with Crippen LogP contribution in [0, 0.1) is 0 Å². The lowest BCUT2D eigenvalue weighted by molar-refractivity contribution is 0.498. The van der Waals surface area contributed by atoms with Gasteiger partial charge in [-0.05, 0) is 28.8 Å². The molecule has 0 N–H and O–H groups in total. The molecule has 0 aliphatic carbocycles. The molecule has 30 heavy (non-hydrogen) atoms. The van der Waals surface area contributed by atoms with E-state index in [0.717, 1.165) is 11.1 Å². The Kier molecular flexibility index (Phi) is 5.77. The molecular weight excluding hydrogens is 392 g/mol. The minimum absolute atomic E-state index is 0.129. The molecule has 0 fully saturated rings. The Morgan fingerprint density at radius 3 is 1.30 bits per heavy atom. The molecule has 4 aromatic rings. The number of hydrogen-bond donors (Lipinski definition) is 0. The Morgan fingerprint density at radius 1 is 0.500 bits per heavy atom. The number of para-hydroxylation sites is 1. The highest BCUT2D eigenvalue weighted by Crippen LogP contribution is 2.36. The fraction of sp³-hybridized carbons (Fsp3) is 0. The third-order valence-corrected chi connectivity index (χ3v) is 5.94. The molecule has 0 spiro atoms. The molecule has 0 aliphatic rings. The zero-order valence-corrected chi connectivity index (χ0v) is 17.0. The van der Waals surface area contributed by atoms with Gasteiger partial charge in [0.1, 0.15) is 10.7 Å². The van der Waals surface area contributed by atoms with Crippen molar-refractivity contribution in [3.8, 4) is 5.75 Å². The second kappa shape index (κ2) is 8.80. The van der Waals surface area contributed by atoms with Gasteiger partial charge in [-0.25, -0.2) is 0 Å². The van der Waals surface area contributed by atoms with Gasteiger partial charge in [-0.1, -0.05) is 109 Å². The maximum absolute atomic E-state index is 13.6. The van der Waals surface area contributed by atoms with Crippen molar-refractivity contribution in [1.29, 1.82) is 0 Å². The second-order valence-electron chi connectivity index (χ2n) is 6.65. The molecule has 4 aromatic carbocycles. The Balaban J connectivity index is 2.02. The molecule has 0 bridgehead atoms. The molecule has 0 atom stereocenters. The average molecular weight is 413 g/mol. The molecule has 0 heterocycles. The van der Waals surface area contributed by atoms with Crippen molar-refractivity contribution in [3.05, 3.63) is 138 Å². The molecular formula is C26H20O3S. The molecule has 0 aliphatic heterocycles. The Hall–Kier alpha value is -3.63. The molecule has 0 saturated heterocycles. The van der Waals surface area contributed by atoms with E-state index in [1.54, 1.807) is 36.4 Å². The van der Waals surface area contributed by atoms with Gasteiger partial charge in [0.25, 0.3) is 0 Å². The van der Waals surface area contributed by atoms with E-state index in [-0.39, 0.29) is 10.7 Å². The van der Waals surface area contributed by atoms with Crippen LogP contribution in [0.5, 0.6) is 5.75 Å². The SMILES string of the molecule is O=S(=O)(Oc1ccccc1)C(=C(c1ccccc1)c1ccccc1)c1ccccc1. The highest BCUT2D eigenvalue weighted by molar-refractivity contribution is 7.97. The minimum atomic E-state index is -4.14. The predicted octanol–water partition coefficient (Wildman–Crippen LogP) is 6.01. The van der Waals surface area contributed by atoms with Crippen LogP contribution in [0.4, 0.5) is 0 Å². The van der Waals surface area contributed by atoms with Crippen LogP contribution in [0.1, 0.15) is 16.7 Å². The summed E-state index contributed by atoms with van der Waals surface area (Å²) in [7, 11) is -4.14. The highest BCUT2D eigenvalue weighted by atomic mass is 32.2. The Morgan fingerprint density at radius 2 is 0.867 bits per heavy atom. The van der Waals surface area contributed by atoms with Crippen molar-refractivity contribution in [1.82, 2.24) is 0 Å². The summed E-state index contributed by atoms with van der Waals surface area (Å²) in [5, 5.41) is 0. The van der Waals surface area contributed by atoms with Gasteiger partial charge in [-0.2, -0.15) is 8.42 Å². The topological polar surface area (TPSA) is 43.4 Å². The lowest BCUT2D eigenvalue weighted by Crippen LogP contribution is -2.14. The first kappa shape index (κ1) is 19.7. The summed E-state index contributed by atoms with van der Waals surface area (Å²) >= 11 is 0. The molecule has 4 heteroatoms. The molecule has 0 unspecified atom stereocenters. The zero-order chi connectivity index (χ0) is 20.8. The summed E-state index contributed by atoms with van der Waals surface area (Å²) in [6.45, 7) is 0. The van der Waals surface area contributed by atoms with Gasteiger partial charge in [0, 0.05) is 5.57 Å². The standard InChI is InChI=1S/C26H20O3S/c27-30(28,29-24-19-11-4-12-20-24)26(23-17-9-3-10-18-23)25(21-13-5-1-6-14-21)22-15-7-2-8-16-22/h1-20H. The second-order valence-corrected chi connectivity index (χ2v) is 8.14. The van der Waals surface area contributed by atoms with Crippen LogP contribution in [-0.4, -0.2) is 8.42 Å². The van der Waals surface area contributed by atoms with E-state index in [4.69, 9.17) is 4.18 Å². The average Bonchev–Trinajstić information content (AvgIpc) is 2.79. The Labute approximate surface area is 177 Å². The molecule has 148 valence electrons. The molecule has 0 radical (unpaired) electrons. The minimum Gasteiger partial charge on any atom is -0.379 e. The van der Waals surface area contributed by atoms with Crippen molar-refractivity contribution >= 4 is 20.6 Å². The summed E-state index contributed by atoms with van der Waals surface area (Å²) < 4.78 is 32.8. The Bertz CT molecular complexity index is 1190. The van der Waals surface area contributed by atoms with Crippen LogP contribution in [-0.2, 0) is 10.1 Å². The summed E-state index contributed by atoms with van der Waals surface area (Å²) in [6.07, 6.45) is 0. The first-order valence-electron chi connectivity index (χ1n) is 9.55. The van der Waals surface area contributed by atoms with Crippen molar-refractivity contribution in [3.63, 3.8) is 0 Å². The van der Waals surface area contributed by atoms with Gasteiger partial charge < -0.3 is 4.18 Å². The largest absolute Gasteiger partial charge is 0.379 e. The van der Waals surface area contributed by atoms with Gasteiger partial charge in [-0.3, -0.25) is 0 Å². The first-order valence-corrected chi connectivity index (χ1v) is 11.0. The zero-order valence-electron chi connectivity index (χ0n) is 16.2. The monoisotopic (exact) mass is 412 g/mol. The third-order valence-electron chi connectivity index (χ3n) is 4.59. The summed E-state index contributed by atoms with van der Waals surface area (Å²) in [4.78, 5) is 0.129. The predicted molar refractivity (Wildman–Crippen MR) is 121 cm³/mol. The normalized spacial score (nSPS) is 10.9. The van der Waals surface area contributed by atoms with Crippen molar-refractivity contribution in [2.75, 3.05) is 0 Å². The van der Waals surface area contributed by atoms with Gasteiger partial charge in [-0.15, -0.1) is 0 Å². The van der Waals surface area contributed by atoms with E-state index in [1.165, 1.54) is 0 Å². The van der Waals surface area contributed by atoms with Gasteiger partial charge >= 0.3 is 10.1 Å². The van der Waals surface area contributed by atoms with Crippen molar-refractivity contribution in [2.24, 2.45) is 0 Å². The smallest absolute Gasteiger partial charge is 0.340 e. The van der Waals surface area contributed by atoms with Crippen LogP contribution >= 0.6 is 0 Å². The van der Waals surface area contributed by atoms with E-state index in [1.807, 2.05) is 84.9 Å². The van der Waals surface area contributed by atoms with Gasteiger partial charge in [0.15, 0.2) is 0 Å².